The van der Waals surface area contributed by atoms with E-state index in [9.17, 15) is 0 Å². The highest BCUT2D eigenvalue weighted by molar-refractivity contribution is 5.34. The molecule has 6 nitrogen and oxygen atoms in total. The molecular weight excluding hydrogens is 374 g/mol. The first-order valence-electron chi connectivity index (χ1n) is 10.0. The Hall–Kier alpha value is -3.51. The van der Waals surface area contributed by atoms with Gasteiger partial charge in [0.25, 0.3) is 0 Å². The molecule has 1 aromatic heterocycles. The van der Waals surface area contributed by atoms with Crippen LogP contribution in [0.4, 0.5) is 0 Å². The Morgan fingerprint density at radius 3 is 1.83 bits per heavy atom. The first-order chi connectivity index (χ1) is 14.7. The average molecular weight is 401 g/mol. The largest absolute Gasteiger partial charge is 0.497 e. The smallest absolute Gasteiger partial charge is 0.215 e. The highest BCUT2D eigenvalue weighted by Crippen LogP contribution is 2.29. The zero-order chi connectivity index (χ0) is 20.9. The Balaban J connectivity index is 1.84. The zero-order valence-electron chi connectivity index (χ0n) is 17.4. The van der Waals surface area contributed by atoms with E-state index in [0.29, 0.717) is 0 Å². The standard InChI is InChI=1S/C24H25N5O/c1-28(2)23(20-14-16-21(30-3)17-15-20)24-25-26-27-29(24)22(18-10-6-4-7-11-18)19-12-8-5-9-13-19/h4-17,22-23H,1-3H3/p+1/t23-/m0/s1. The van der Waals surface area contributed by atoms with E-state index in [1.54, 1.807) is 7.11 Å². The Morgan fingerprint density at radius 1 is 0.767 bits per heavy atom. The Kier molecular flexibility index (Phi) is 5.86. The molecule has 0 spiro atoms. The molecule has 0 aliphatic carbocycles. The second kappa shape index (κ2) is 8.88. The molecule has 0 saturated carbocycles. The van der Waals surface area contributed by atoms with E-state index in [1.807, 2.05) is 53.2 Å². The molecule has 1 atom stereocenters. The van der Waals surface area contributed by atoms with Crippen LogP contribution in [0.25, 0.3) is 0 Å². The van der Waals surface area contributed by atoms with Crippen LogP contribution in [0.3, 0.4) is 0 Å². The number of nitrogens with one attached hydrogen (secondary N) is 1. The lowest BCUT2D eigenvalue weighted by molar-refractivity contribution is -0.886. The van der Waals surface area contributed by atoms with E-state index >= 15 is 0 Å². The topological polar surface area (TPSA) is 57.3 Å². The van der Waals surface area contributed by atoms with Crippen molar-refractivity contribution in [2.24, 2.45) is 0 Å². The Labute approximate surface area is 176 Å². The second-order valence-electron chi connectivity index (χ2n) is 7.49. The van der Waals surface area contributed by atoms with Gasteiger partial charge in [0.2, 0.25) is 5.82 Å². The summed E-state index contributed by atoms with van der Waals surface area (Å²) in [5.41, 5.74) is 3.41. The van der Waals surface area contributed by atoms with E-state index in [1.165, 1.54) is 4.90 Å². The summed E-state index contributed by atoms with van der Waals surface area (Å²) in [7, 11) is 5.91. The number of aromatic nitrogens is 4. The van der Waals surface area contributed by atoms with Crippen molar-refractivity contribution in [1.82, 2.24) is 20.2 Å². The number of benzene rings is 3. The number of nitrogens with zero attached hydrogens (tertiary/aromatic N) is 4. The van der Waals surface area contributed by atoms with Gasteiger partial charge in [-0.15, -0.1) is 5.10 Å². The van der Waals surface area contributed by atoms with Crippen molar-refractivity contribution in [1.29, 1.82) is 0 Å². The number of ether oxygens (including phenoxy) is 1. The molecule has 0 unspecified atom stereocenters. The predicted octanol–water partition coefficient (Wildman–Crippen LogP) is 2.55. The van der Waals surface area contributed by atoms with Crippen molar-refractivity contribution in [2.75, 3.05) is 21.2 Å². The van der Waals surface area contributed by atoms with Crippen LogP contribution in [0, 0.1) is 0 Å². The minimum atomic E-state index is -0.113. The normalized spacial score (nSPS) is 12.3. The number of quaternary nitrogens is 1. The lowest BCUT2D eigenvalue weighted by Crippen LogP contribution is -3.06. The molecule has 0 aliphatic rings. The minimum absolute atomic E-state index is 0.0270. The molecule has 0 saturated heterocycles. The summed E-state index contributed by atoms with van der Waals surface area (Å²) in [4.78, 5) is 1.22. The molecule has 0 fully saturated rings. The number of tetrazole rings is 1. The van der Waals surface area contributed by atoms with Gasteiger partial charge in [0, 0.05) is 5.56 Å². The van der Waals surface area contributed by atoms with E-state index in [-0.39, 0.29) is 12.1 Å². The third-order valence-electron chi connectivity index (χ3n) is 5.28. The zero-order valence-corrected chi connectivity index (χ0v) is 17.4. The van der Waals surface area contributed by atoms with Gasteiger partial charge in [0.15, 0.2) is 6.04 Å². The number of rotatable bonds is 7. The van der Waals surface area contributed by atoms with Crippen LogP contribution in [0.5, 0.6) is 5.75 Å². The van der Waals surface area contributed by atoms with E-state index < -0.39 is 0 Å². The molecule has 1 heterocycles. The molecule has 4 aromatic rings. The minimum Gasteiger partial charge on any atom is -0.497 e. The van der Waals surface area contributed by atoms with Gasteiger partial charge < -0.3 is 9.64 Å². The number of hydrogen-bond acceptors (Lipinski definition) is 4. The lowest BCUT2D eigenvalue weighted by Gasteiger charge is -2.25. The number of methoxy groups -OCH3 is 1. The fourth-order valence-electron chi connectivity index (χ4n) is 3.86. The molecule has 1 N–H and O–H groups in total. The highest BCUT2D eigenvalue weighted by atomic mass is 16.5. The van der Waals surface area contributed by atoms with E-state index in [2.05, 4.69) is 66.0 Å². The molecule has 0 amide bonds. The van der Waals surface area contributed by atoms with Crippen LogP contribution >= 0.6 is 0 Å². The fourth-order valence-corrected chi connectivity index (χ4v) is 3.86. The summed E-state index contributed by atoms with van der Waals surface area (Å²) in [6, 6.07) is 28.7. The first-order valence-corrected chi connectivity index (χ1v) is 10.0. The first kappa shape index (κ1) is 19.8. The van der Waals surface area contributed by atoms with Crippen molar-refractivity contribution in [3.8, 4) is 5.75 Å². The molecular formula is C24H26N5O+. The lowest BCUT2D eigenvalue weighted by atomic mass is 9.97. The Bertz CT molecular complexity index is 1020. The molecule has 6 heteroatoms. The van der Waals surface area contributed by atoms with Gasteiger partial charge in [-0.1, -0.05) is 60.7 Å². The molecule has 0 bridgehead atoms. The summed E-state index contributed by atoms with van der Waals surface area (Å²) >= 11 is 0. The summed E-state index contributed by atoms with van der Waals surface area (Å²) in [5.74, 6) is 1.65. The maximum Gasteiger partial charge on any atom is 0.215 e. The monoisotopic (exact) mass is 400 g/mol. The van der Waals surface area contributed by atoms with Gasteiger partial charge in [-0.25, -0.2) is 4.68 Å². The van der Waals surface area contributed by atoms with Crippen LogP contribution in [0.15, 0.2) is 84.9 Å². The summed E-state index contributed by atoms with van der Waals surface area (Å²) in [5, 5.41) is 13.0. The van der Waals surface area contributed by atoms with Crippen LogP contribution in [-0.2, 0) is 0 Å². The maximum absolute atomic E-state index is 5.33. The van der Waals surface area contributed by atoms with Gasteiger partial charge in [-0.05, 0) is 45.8 Å². The molecule has 3 aromatic carbocycles. The van der Waals surface area contributed by atoms with Crippen molar-refractivity contribution in [3.05, 3.63) is 107 Å². The Morgan fingerprint density at radius 2 is 1.33 bits per heavy atom. The molecule has 4 rings (SSSR count). The van der Waals surface area contributed by atoms with Crippen molar-refractivity contribution < 1.29 is 9.64 Å². The maximum atomic E-state index is 5.33. The van der Waals surface area contributed by atoms with Crippen molar-refractivity contribution >= 4 is 0 Å². The van der Waals surface area contributed by atoms with Crippen LogP contribution in [0.1, 0.15) is 34.6 Å². The molecule has 152 valence electrons. The quantitative estimate of drug-likeness (QED) is 0.518. The summed E-state index contributed by atoms with van der Waals surface area (Å²) in [6.07, 6.45) is 0. The molecule has 0 radical (unpaired) electrons. The van der Waals surface area contributed by atoms with Crippen LogP contribution in [0.2, 0.25) is 0 Å². The third-order valence-corrected chi connectivity index (χ3v) is 5.28. The number of hydrogen-bond donors (Lipinski definition) is 1. The van der Waals surface area contributed by atoms with Gasteiger partial charge in [0.05, 0.1) is 21.2 Å². The van der Waals surface area contributed by atoms with Crippen molar-refractivity contribution in [2.45, 2.75) is 12.1 Å². The predicted molar refractivity (Wildman–Crippen MR) is 116 cm³/mol. The van der Waals surface area contributed by atoms with Crippen molar-refractivity contribution in [3.63, 3.8) is 0 Å². The SMILES string of the molecule is COc1ccc([C@@H](c2nnnn2C(c2ccccc2)c2ccccc2)[NH+](C)C)cc1. The highest BCUT2D eigenvalue weighted by Gasteiger charge is 2.31. The van der Waals surface area contributed by atoms with Crippen LogP contribution in [-0.4, -0.2) is 41.4 Å². The van der Waals surface area contributed by atoms with E-state index in [0.717, 1.165) is 28.3 Å². The van der Waals surface area contributed by atoms with Gasteiger partial charge >= 0.3 is 0 Å². The van der Waals surface area contributed by atoms with Crippen LogP contribution < -0.4 is 9.64 Å². The summed E-state index contributed by atoms with van der Waals surface area (Å²) in [6.45, 7) is 0. The summed E-state index contributed by atoms with van der Waals surface area (Å²) < 4.78 is 7.28. The fraction of sp³-hybridized carbons (Fsp3) is 0.208. The van der Waals surface area contributed by atoms with Gasteiger partial charge in [-0.2, -0.15) is 0 Å². The second-order valence-corrected chi connectivity index (χ2v) is 7.49. The van der Waals surface area contributed by atoms with E-state index in [4.69, 9.17) is 4.74 Å². The molecule has 30 heavy (non-hydrogen) atoms. The van der Waals surface area contributed by atoms with Gasteiger partial charge in [0.1, 0.15) is 11.8 Å². The molecule has 0 aliphatic heterocycles. The van der Waals surface area contributed by atoms with Gasteiger partial charge in [-0.3, -0.25) is 0 Å². The average Bonchev–Trinajstić information content (AvgIpc) is 3.24. The third kappa shape index (κ3) is 3.95.